The van der Waals surface area contributed by atoms with Crippen LogP contribution in [-0.2, 0) is 20.3 Å². The smallest absolute Gasteiger partial charge is 0.410 e. The highest BCUT2D eigenvalue weighted by Crippen LogP contribution is 2.32. The predicted octanol–water partition coefficient (Wildman–Crippen LogP) is 5.03. The molecule has 10 heteroatoms. The summed E-state index contributed by atoms with van der Waals surface area (Å²) in [6.45, 7) is 12.9. The van der Waals surface area contributed by atoms with E-state index < -0.39 is 28.5 Å². The molecular weight excluding hydrogens is 523 g/mol. The number of carbonyl (C=O) groups is 2. The molecule has 0 aliphatic carbocycles. The average Bonchev–Trinajstić information content (AvgIpc) is 2.83. The number of carbonyl (C=O) groups excluding carboxylic acids is 2. The molecule has 0 spiro atoms. The maximum atomic E-state index is 14.6. The number of amides is 1. The fourth-order valence-electron chi connectivity index (χ4n) is 4.51. The summed E-state index contributed by atoms with van der Waals surface area (Å²) >= 11 is 0. The van der Waals surface area contributed by atoms with Crippen LogP contribution in [0, 0.1) is 19.7 Å². The number of methoxy groups -OCH3 is 1. The first-order valence-corrected chi connectivity index (χ1v) is 14.5. The minimum Gasteiger partial charge on any atom is -0.483 e. The van der Waals surface area contributed by atoms with Gasteiger partial charge in [-0.3, -0.25) is 9.11 Å². The van der Waals surface area contributed by atoms with Crippen molar-refractivity contribution in [1.82, 2.24) is 9.80 Å². The van der Waals surface area contributed by atoms with E-state index in [1.807, 2.05) is 33.8 Å². The molecule has 1 heterocycles. The number of rotatable bonds is 7. The first-order chi connectivity index (χ1) is 18.2. The van der Waals surface area contributed by atoms with E-state index in [4.69, 9.17) is 14.2 Å². The third-order valence-corrected chi connectivity index (χ3v) is 7.54. The molecule has 1 fully saturated rings. The number of ether oxygens (including phenoxy) is 3. The second-order valence-electron chi connectivity index (χ2n) is 11.0. The van der Waals surface area contributed by atoms with Gasteiger partial charge in [-0.2, -0.15) is 0 Å². The van der Waals surface area contributed by atoms with Gasteiger partial charge in [-0.05, 0) is 76.4 Å². The Morgan fingerprint density at radius 2 is 1.82 bits per heavy atom. The van der Waals surface area contributed by atoms with E-state index in [1.54, 1.807) is 30.9 Å². The van der Waals surface area contributed by atoms with E-state index in [1.165, 1.54) is 25.5 Å². The molecule has 1 aliphatic rings. The lowest BCUT2D eigenvalue weighted by molar-refractivity contribution is -0.00309. The molecule has 1 saturated heterocycles. The minimum absolute atomic E-state index is 0.107. The predicted molar refractivity (Wildman–Crippen MR) is 148 cm³/mol. The molecule has 0 bridgehead atoms. The number of hydrogen-bond acceptors (Lipinski definition) is 7. The molecule has 8 nitrogen and oxygen atoms in total. The molecular formula is C29H39FN2O6S. The zero-order valence-electron chi connectivity index (χ0n) is 24.0. The molecule has 3 rings (SSSR count). The quantitative estimate of drug-likeness (QED) is 0.438. The number of esters is 1. The number of aryl methyl sites for hydroxylation is 2. The first kappa shape index (κ1) is 30.6. The van der Waals surface area contributed by atoms with Crippen LogP contribution in [0.15, 0.2) is 35.2 Å². The number of piperazine rings is 1. The first-order valence-electron chi connectivity index (χ1n) is 12.9. The van der Waals surface area contributed by atoms with Gasteiger partial charge in [0.2, 0.25) is 0 Å². The molecule has 1 unspecified atom stereocenters. The van der Waals surface area contributed by atoms with Crippen LogP contribution in [0.2, 0.25) is 0 Å². The Hall–Kier alpha value is -2.98. The van der Waals surface area contributed by atoms with Gasteiger partial charge in [0.05, 0.1) is 28.4 Å². The van der Waals surface area contributed by atoms with E-state index in [-0.39, 0.29) is 18.0 Å². The van der Waals surface area contributed by atoms with Gasteiger partial charge in [-0.15, -0.1) is 0 Å². The zero-order valence-corrected chi connectivity index (χ0v) is 24.8. The number of benzene rings is 2. The van der Waals surface area contributed by atoms with E-state index in [9.17, 15) is 18.2 Å². The van der Waals surface area contributed by atoms with Crippen molar-refractivity contribution in [3.63, 3.8) is 0 Å². The molecule has 0 N–H and O–H groups in total. The Bertz CT molecular complexity index is 1250. The van der Waals surface area contributed by atoms with Crippen molar-refractivity contribution < 1.29 is 32.4 Å². The third kappa shape index (κ3) is 7.79. The van der Waals surface area contributed by atoms with Crippen LogP contribution in [0.4, 0.5) is 9.18 Å². The second kappa shape index (κ2) is 12.5. The molecule has 2 aromatic rings. The highest BCUT2D eigenvalue weighted by molar-refractivity contribution is 7.84. The van der Waals surface area contributed by atoms with Crippen molar-refractivity contribution in [2.45, 2.75) is 64.2 Å². The van der Waals surface area contributed by atoms with Gasteiger partial charge in [-0.1, -0.05) is 12.1 Å². The summed E-state index contributed by atoms with van der Waals surface area (Å²) in [4.78, 5) is 29.1. The zero-order chi connectivity index (χ0) is 29.1. The number of hydrogen-bond donors (Lipinski definition) is 0. The average molecular weight is 563 g/mol. The van der Waals surface area contributed by atoms with E-state index in [0.29, 0.717) is 59.1 Å². The van der Waals surface area contributed by atoms with Gasteiger partial charge in [0.15, 0.2) is 0 Å². The van der Waals surface area contributed by atoms with Crippen LogP contribution in [0.25, 0.3) is 0 Å². The molecule has 3 atom stereocenters. The van der Waals surface area contributed by atoms with E-state index in [2.05, 4.69) is 4.90 Å². The lowest BCUT2D eigenvalue weighted by Gasteiger charge is -2.41. The monoisotopic (exact) mass is 562 g/mol. The second-order valence-corrected chi connectivity index (χ2v) is 12.3. The topological polar surface area (TPSA) is 85.4 Å². The van der Waals surface area contributed by atoms with Crippen molar-refractivity contribution >= 4 is 22.9 Å². The van der Waals surface area contributed by atoms with Crippen molar-refractivity contribution in [2.24, 2.45) is 0 Å². The lowest BCUT2D eigenvalue weighted by Crippen LogP contribution is -2.55. The van der Waals surface area contributed by atoms with Gasteiger partial charge in [-0.25, -0.2) is 14.0 Å². The molecule has 1 amide bonds. The van der Waals surface area contributed by atoms with Gasteiger partial charge >= 0.3 is 12.1 Å². The lowest BCUT2D eigenvalue weighted by atomic mass is 10.0. The van der Waals surface area contributed by atoms with Crippen molar-refractivity contribution in [3.05, 3.63) is 58.4 Å². The molecule has 214 valence electrons. The fraction of sp³-hybridized carbons (Fsp3) is 0.517. The SMILES string of the molecule is COC(=O)c1cc(S(C)=O)c(O[C@H](CN2CCN(C(=O)OC(C)(C)C)[C@H](C)C2)c2ccc(C)c(F)c2)cc1C. The van der Waals surface area contributed by atoms with Crippen LogP contribution >= 0.6 is 0 Å². The molecule has 1 aliphatic heterocycles. The summed E-state index contributed by atoms with van der Waals surface area (Å²) in [5.74, 6) is -0.520. The normalized spacial score (nSPS) is 17.9. The summed E-state index contributed by atoms with van der Waals surface area (Å²) < 4.78 is 44.1. The maximum Gasteiger partial charge on any atom is 0.410 e. The Morgan fingerprint density at radius 1 is 1.13 bits per heavy atom. The van der Waals surface area contributed by atoms with Crippen LogP contribution in [0.5, 0.6) is 5.75 Å². The highest BCUT2D eigenvalue weighted by atomic mass is 32.2. The summed E-state index contributed by atoms with van der Waals surface area (Å²) in [5.41, 5.74) is 1.48. The van der Waals surface area contributed by atoms with Crippen LogP contribution in [0.1, 0.15) is 60.8 Å². The van der Waals surface area contributed by atoms with Crippen molar-refractivity contribution in [3.8, 4) is 5.75 Å². The van der Waals surface area contributed by atoms with Crippen molar-refractivity contribution in [1.29, 1.82) is 0 Å². The van der Waals surface area contributed by atoms with Crippen LogP contribution in [0.3, 0.4) is 0 Å². The fourth-order valence-corrected chi connectivity index (χ4v) is 5.18. The molecule has 2 aromatic carbocycles. The van der Waals surface area contributed by atoms with Gasteiger partial charge < -0.3 is 19.1 Å². The van der Waals surface area contributed by atoms with Crippen molar-refractivity contribution in [2.75, 3.05) is 39.5 Å². The van der Waals surface area contributed by atoms with Gasteiger partial charge in [0.25, 0.3) is 0 Å². The van der Waals surface area contributed by atoms with E-state index in [0.717, 1.165) is 0 Å². The van der Waals surface area contributed by atoms with Crippen LogP contribution < -0.4 is 4.74 Å². The number of halogens is 1. The van der Waals surface area contributed by atoms with Gasteiger partial charge in [0, 0.05) is 38.5 Å². The third-order valence-electron chi connectivity index (χ3n) is 6.61. The van der Waals surface area contributed by atoms with E-state index >= 15 is 0 Å². The summed E-state index contributed by atoms with van der Waals surface area (Å²) in [6, 6.07) is 8.07. The maximum absolute atomic E-state index is 14.6. The highest BCUT2D eigenvalue weighted by Gasteiger charge is 2.32. The largest absolute Gasteiger partial charge is 0.483 e. The van der Waals surface area contributed by atoms with Gasteiger partial charge in [0.1, 0.15) is 23.3 Å². The molecule has 0 aromatic heterocycles. The van der Waals surface area contributed by atoms with Crippen LogP contribution in [-0.4, -0.2) is 77.3 Å². The summed E-state index contributed by atoms with van der Waals surface area (Å²) in [5, 5.41) is 0. The molecule has 0 saturated carbocycles. The Morgan fingerprint density at radius 3 is 2.38 bits per heavy atom. The summed E-state index contributed by atoms with van der Waals surface area (Å²) in [7, 11) is -0.176. The summed E-state index contributed by atoms with van der Waals surface area (Å²) in [6.07, 6.45) is 0.557. The molecule has 0 radical (unpaired) electrons. The Labute approximate surface area is 232 Å². The Balaban J connectivity index is 1.90. The molecule has 39 heavy (non-hydrogen) atoms. The standard InChI is InChI=1S/C29H39FN2O6S/c1-18-9-10-21(14-23(18)30)25(17-31-11-12-32(20(3)16-31)28(34)38-29(4,5)6)37-24-13-19(2)22(27(33)36-7)15-26(24)39(8)35/h9-10,13-15,20,25H,11-12,16-17H2,1-8H3/t20-,25-,39?/m1/s1. The Kier molecular flexibility index (Phi) is 9.77. The minimum atomic E-state index is -1.47. The number of nitrogens with zero attached hydrogens (tertiary/aromatic N) is 2.